The highest BCUT2D eigenvalue weighted by atomic mass is 32.2. The van der Waals surface area contributed by atoms with Gasteiger partial charge in [0.1, 0.15) is 57.1 Å². The number of ether oxygens (including phenoxy) is 6. The summed E-state index contributed by atoms with van der Waals surface area (Å²) in [6, 6.07) is 19.1. The van der Waals surface area contributed by atoms with Crippen molar-refractivity contribution in [2.24, 2.45) is 0 Å². The predicted octanol–water partition coefficient (Wildman–Crippen LogP) is 10.4. The van der Waals surface area contributed by atoms with E-state index in [9.17, 15) is 26.4 Å². The molecule has 0 bridgehead atoms. The lowest BCUT2D eigenvalue weighted by molar-refractivity contribution is 0.0514. The molecule has 30 heteroatoms. The molecule has 26 nitrogen and oxygen atoms in total. The average Bonchev–Trinajstić information content (AvgIpc) is 1.55. The Kier molecular flexibility index (Phi) is 26.8. The number of carbonyl (C=O) groups is 2. The summed E-state index contributed by atoms with van der Waals surface area (Å²) in [5, 5.41) is 29.8. The molecular weight excluding hydrogens is 1260 g/mol. The molecule has 4 N–H and O–H groups in total. The number of para-hydroxylation sites is 2. The Morgan fingerprint density at radius 2 is 0.859 bits per heavy atom. The Morgan fingerprint density at radius 1 is 0.533 bits per heavy atom. The number of hydrogen-bond donors (Lipinski definition) is 4. The Balaban J connectivity index is 0.000000334. The molecule has 6 rings (SSSR count). The van der Waals surface area contributed by atoms with Gasteiger partial charge in [-0.15, -0.1) is 20.4 Å². The van der Waals surface area contributed by atoms with Crippen LogP contribution in [0.15, 0.2) is 69.5 Å². The van der Waals surface area contributed by atoms with Gasteiger partial charge in [-0.05, 0) is 143 Å². The Bertz CT molecular complexity index is 3310. The van der Waals surface area contributed by atoms with Crippen molar-refractivity contribution in [3.63, 3.8) is 0 Å². The molecule has 0 aliphatic heterocycles. The SMILES string of the molecule is COc1cccc(OC)c1-n1c(-c2ccc(C)o2)nnc1N(CC[Si](C)(C)C)S(=O)(=O)CCN[C@@H](C)CCNC(=O)OC(C)(C)C.COc1cccc(OC)c1-n1c(-c2ccc(C)o2)nnc1N(CC[Si](C)(C)C)S(=O)(=O)CCN[C@H](C)CCNC(=O)OC(C)(C)C. The van der Waals surface area contributed by atoms with E-state index in [4.69, 9.17) is 37.3 Å². The molecule has 4 heterocycles. The maximum absolute atomic E-state index is 14.2. The zero-order valence-corrected chi connectivity index (χ0v) is 61.2. The van der Waals surface area contributed by atoms with Crippen LogP contribution in [0.25, 0.3) is 34.5 Å². The van der Waals surface area contributed by atoms with Gasteiger partial charge in [0.25, 0.3) is 0 Å². The number of aromatic nitrogens is 6. The van der Waals surface area contributed by atoms with Crippen LogP contribution in [-0.4, -0.2) is 177 Å². The topological polar surface area (TPSA) is 300 Å². The highest BCUT2D eigenvalue weighted by Gasteiger charge is 2.36. The largest absolute Gasteiger partial charge is 0.494 e. The number of amides is 2. The van der Waals surface area contributed by atoms with Crippen LogP contribution in [0.2, 0.25) is 51.4 Å². The number of nitrogens with one attached hydrogen (secondary N) is 4. The molecule has 0 aliphatic carbocycles. The molecule has 0 saturated carbocycles. The van der Waals surface area contributed by atoms with E-state index >= 15 is 0 Å². The van der Waals surface area contributed by atoms with Crippen molar-refractivity contribution in [3.8, 4) is 57.5 Å². The van der Waals surface area contributed by atoms with E-state index in [1.54, 1.807) is 99.2 Å². The molecule has 2 aromatic carbocycles. The normalized spacial score (nSPS) is 12.9. The summed E-state index contributed by atoms with van der Waals surface area (Å²) in [5.74, 6) is 4.43. The second-order valence-electron chi connectivity index (χ2n) is 26.7. The van der Waals surface area contributed by atoms with Gasteiger partial charge in [0, 0.05) is 67.5 Å². The minimum Gasteiger partial charge on any atom is -0.494 e. The van der Waals surface area contributed by atoms with Crippen LogP contribution in [0.1, 0.15) is 79.8 Å². The van der Waals surface area contributed by atoms with E-state index in [0.717, 1.165) is 0 Å². The van der Waals surface area contributed by atoms with Crippen molar-refractivity contribution in [1.29, 1.82) is 0 Å². The summed E-state index contributed by atoms with van der Waals surface area (Å²) in [5.41, 5.74) is -0.256. The van der Waals surface area contributed by atoms with Gasteiger partial charge in [0.15, 0.2) is 11.5 Å². The number of aryl methyl sites for hydroxylation is 2. The fraction of sp³-hybridized carbons (Fsp3) is 0.581. The molecule has 0 unspecified atom stereocenters. The fourth-order valence-corrected chi connectivity index (χ4v) is 13.9. The Morgan fingerprint density at radius 3 is 1.13 bits per heavy atom. The first-order chi connectivity index (χ1) is 42.9. The van der Waals surface area contributed by atoms with Crippen LogP contribution in [0, 0.1) is 13.8 Å². The van der Waals surface area contributed by atoms with E-state index in [2.05, 4.69) is 80.9 Å². The standard InChI is InChI=1S/2C31H50N6O7SSi/c2*1-22(16-17-33-30(38)44-31(3,4)5)32-18-20-45(39,40)36(19-21-46(8,9)10)29-35-34-28(26-15-14-23(2)43-26)37(29)27-24(41-6)12-11-13-25(27)42-7/h2*11-15,22,32H,16-21H2,1-10H3,(H,33,38)/t2*22-/m10/s1. The molecule has 2 atom stereocenters. The van der Waals surface area contributed by atoms with E-state index < -0.39 is 59.6 Å². The second-order valence-corrected chi connectivity index (χ2v) is 42.0. The Hall–Kier alpha value is -7.13. The van der Waals surface area contributed by atoms with E-state index in [0.29, 0.717) is 107 Å². The molecule has 0 spiro atoms. The van der Waals surface area contributed by atoms with Gasteiger partial charge in [-0.3, -0.25) is 9.13 Å². The van der Waals surface area contributed by atoms with Crippen LogP contribution in [0.5, 0.6) is 23.0 Å². The number of rotatable bonds is 32. The summed E-state index contributed by atoms with van der Waals surface area (Å²) in [6.07, 6.45) is 0.208. The molecule has 0 radical (unpaired) electrons. The van der Waals surface area contributed by atoms with Crippen molar-refractivity contribution in [3.05, 3.63) is 72.2 Å². The third kappa shape index (κ3) is 22.6. The lowest BCUT2D eigenvalue weighted by Gasteiger charge is -2.28. The van der Waals surface area contributed by atoms with Gasteiger partial charge in [-0.1, -0.05) is 51.4 Å². The van der Waals surface area contributed by atoms with Gasteiger partial charge in [0.2, 0.25) is 43.6 Å². The molecule has 6 aromatic rings. The number of nitrogens with zero attached hydrogens (tertiary/aromatic N) is 8. The first-order valence-electron chi connectivity index (χ1n) is 30.8. The summed E-state index contributed by atoms with van der Waals surface area (Å²) >= 11 is 0. The van der Waals surface area contributed by atoms with Crippen LogP contribution < -0.4 is 48.8 Å². The number of furan rings is 2. The second kappa shape index (κ2) is 32.6. The molecule has 0 aliphatic rings. The van der Waals surface area contributed by atoms with Crippen LogP contribution in [0.4, 0.5) is 21.5 Å². The highest BCUT2D eigenvalue weighted by molar-refractivity contribution is 7.93. The van der Waals surface area contributed by atoms with Gasteiger partial charge < -0.3 is 58.5 Å². The van der Waals surface area contributed by atoms with Crippen LogP contribution in [0.3, 0.4) is 0 Å². The average molecular weight is 1360 g/mol. The van der Waals surface area contributed by atoms with Gasteiger partial charge in [-0.2, -0.15) is 0 Å². The number of benzene rings is 2. The molecule has 0 fully saturated rings. The lowest BCUT2D eigenvalue weighted by atomic mass is 10.2. The maximum atomic E-state index is 14.2. The number of alkyl carbamates (subject to hydrolysis) is 2. The molecular formula is C62H100N12O14S2Si2. The zero-order valence-electron chi connectivity index (χ0n) is 57.5. The number of methoxy groups -OCH3 is 4. The Labute approximate surface area is 546 Å². The predicted molar refractivity (Wildman–Crippen MR) is 365 cm³/mol. The number of sulfonamides is 2. The third-order valence-electron chi connectivity index (χ3n) is 13.9. The minimum atomic E-state index is -3.91. The smallest absolute Gasteiger partial charge is 0.407 e. The van der Waals surface area contributed by atoms with Gasteiger partial charge in [-0.25, -0.2) is 35.0 Å². The van der Waals surface area contributed by atoms with Gasteiger partial charge >= 0.3 is 12.2 Å². The molecule has 2 amide bonds. The van der Waals surface area contributed by atoms with Crippen LogP contribution in [-0.2, 0) is 29.5 Å². The van der Waals surface area contributed by atoms with Crippen molar-refractivity contribution in [2.75, 3.05) is 87.8 Å². The first kappa shape index (κ1) is 75.6. The third-order valence-corrected chi connectivity index (χ3v) is 20.8. The molecule has 0 saturated heterocycles. The number of hydrogen-bond acceptors (Lipinski definition) is 20. The minimum absolute atomic E-state index is 0.0594. The number of anilines is 2. The van der Waals surface area contributed by atoms with Crippen LogP contribution >= 0.6 is 0 Å². The van der Waals surface area contributed by atoms with Crippen molar-refractivity contribution in [1.82, 2.24) is 50.8 Å². The molecule has 4 aromatic heterocycles. The monoisotopic (exact) mass is 1360 g/mol. The van der Waals surface area contributed by atoms with Gasteiger partial charge in [0.05, 0.1) is 39.9 Å². The summed E-state index contributed by atoms with van der Waals surface area (Å²) in [7, 11) is -5.08. The number of carbonyl (C=O) groups excluding carboxylic acids is 2. The van der Waals surface area contributed by atoms with Crippen molar-refractivity contribution in [2.45, 2.75) is 157 Å². The summed E-state index contributed by atoms with van der Waals surface area (Å²) in [4.78, 5) is 23.9. The zero-order chi connectivity index (χ0) is 68.6. The van der Waals surface area contributed by atoms with E-state index in [-0.39, 0.29) is 61.7 Å². The fourth-order valence-electron chi connectivity index (χ4n) is 9.12. The quantitative estimate of drug-likeness (QED) is 0.0285. The molecule has 92 heavy (non-hydrogen) atoms. The first-order valence-corrected chi connectivity index (χ1v) is 41.4. The summed E-state index contributed by atoms with van der Waals surface area (Å²) in [6.45, 7) is 33.1. The highest BCUT2D eigenvalue weighted by Crippen LogP contribution is 2.41. The van der Waals surface area contributed by atoms with E-state index in [1.165, 1.54) is 37.0 Å². The molecule has 512 valence electrons. The maximum Gasteiger partial charge on any atom is 0.407 e. The lowest BCUT2D eigenvalue weighted by Crippen LogP contribution is -2.42. The van der Waals surface area contributed by atoms with Crippen molar-refractivity contribution >= 4 is 60.3 Å². The van der Waals surface area contributed by atoms with Crippen molar-refractivity contribution < 1.29 is 63.7 Å². The summed E-state index contributed by atoms with van der Waals surface area (Å²) < 4.78 is 108. The van der Waals surface area contributed by atoms with E-state index in [1.807, 2.05) is 39.8 Å².